The fourth-order valence-corrected chi connectivity index (χ4v) is 3.21. The maximum Gasteiger partial charge on any atom is 0.220 e. The zero-order valence-corrected chi connectivity index (χ0v) is 13.1. The van der Waals surface area contributed by atoms with Crippen LogP contribution in [0.2, 0.25) is 5.02 Å². The van der Waals surface area contributed by atoms with Crippen LogP contribution in [0.5, 0.6) is 0 Å². The van der Waals surface area contributed by atoms with Crippen LogP contribution in [0.3, 0.4) is 0 Å². The van der Waals surface area contributed by atoms with Gasteiger partial charge < -0.3 is 10.6 Å². The largest absolute Gasteiger partial charge is 0.356 e. The molecule has 1 saturated heterocycles. The van der Waals surface area contributed by atoms with Gasteiger partial charge in [0.15, 0.2) is 0 Å². The van der Waals surface area contributed by atoms with E-state index in [1.807, 2.05) is 24.3 Å². The molecule has 0 aromatic heterocycles. The lowest BCUT2D eigenvalue weighted by Gasteiger charge is -2.22. The van der Waals surface area contributed by atoms with E-state index >= 15 is 0 Å². The van der Waals surface area contributed by atoms with Crippen molar-refractivity contribution in [2.24, 2.45) is 5.92 Å². The van der Waals surface area contributed by atoms with Gasteiger partial charge in [-0.15, -0.1) is 11.8 Å². The molecule has 0 bridgehead atoms. The molecule has 5 heteroatoms. The Bertz CT molecular complexity index is 418. The lowest BCUT2D eigenvalue weighted by Crippen LogP contribution is -2.38. The number of carbonyl (C=O) groups excluding carboxylic acids is 1. The van der Waals surface area contributed by atoms with Crippen molar-refractivity contribution in [3.05, 3.63) is 29.3 Å². The van der Waals surface area contributed by atoms with Crippen molar-refractivity contribution in [2.45, 2.75) is 24.2 Å². The molecule has 2 rings (SSSR count). The second-order valence-corrected chi connectivity index (χ2v) is 6.67. The second kappa shape index (κ2) is 8.55. The van der Waals surface area contributed by atoms with Gasteiger partial charge in [0.25, 0.3) is 0 Å². The summed E-state index contributed by atoms with van der Waals surface area (Å²) in [5.74, 6) is 1.55. The summed E-state index contributed by atoms with van der Waals surface area (Å²) in [5, 5.41) is 7.14. The molecule has 1 aromatic rings. The minimum Gasteiger partial charge on any atom is -0.356 e. The molecule has 0 aliphatic carbocycles. The predicted octanol–water partition coefficient (Wildman–Crippen LogP) is 2.94. The third-order valence-corrected chi connectivity index (χ3v) is 4.66. The number of halogens is 1. The van der Waals surface area contributed by atoms with Crippen LogP contribution in [-0.4, -0.2) is 31.3 Å². The van der Waals surface area contributed by atoms with Crippen molar-refractivity contribution in [3.63, 3.8) is 0 Å². The van der Waals surface area contributed by atoms with Gasteiger partial charge in [-0.25, -0.2) is 0 Å². The summed E-state index contributed by atoms with van der Waals surface area (Å²) in [4.78, 5) is 12.9. The number of thioether (sulfide) groups is 1. The van der Waals surface area contributed by atoms with E-state index in [4.69, 9.17) is 11.6 Å². The van der Waals surface area contributed by atoms with Crippen LogP contribution >= 0.6 is 23.4 Å². The summed E-state index contributed by atoms with van der Waals surface area (Å²) in [6.45, 7) is 2.94. The predicted molar refractivity (Wildman–Crippen MR) is 85.4 cm³/mol. The molecule has 1 aliphatic heterocycles. The van der Waals surface area contributed by atoms with Crippen LogP contribution in [-0.2, 0) is 4.79 Å². The maximum absolute atomic E-state index is 11.8. The molecule has 1 fully saturated rings. The van der Waals surface area contributed by atoms with Gasteiger partial charge in [-0.05, 0) is 56.1 Å². The van der Waals surface area contributed by atoms with Crippen molar-refractivity contribution in [1.82, 2.24) is 10.6 Å². The molecule has 2 N–H and O–H groups in total. The Morgan fingerprint density at radius 2 is 2.20 bits per heavy atom. The van der Waals surface area contributed by atoms with E-state index < -0.39 is 0 Å². The summed E-state index contributed by atoms with van der Waals surface area (Å²) in [5.41, 5.74) is 0. The molecular weight excluding hydrogens is 292 g/mol. The molecule has 1 amide bonds. The fraction of sp³-hybridized carbons (Fsp3) is 0.533. The average molecular weight is 313 g/mol. The summed E-state index contributed by atoms with van der Waals surface area (Å²) in [6, 6.07) is 7.72. The molecular formula is C15H21ClN2OS. The van der Waals surface area contributed by atoms with Crippen molar-refractivity contribution in [3.8, 4) is 0 Å². The quantitative estimate of drug-likeness (QED) is 0.794. The van der Waals surface area contributed by atoms with Gasteiger partial charge in [0, 0.05) is 28.6 Å². The highest BCUT2D eigenvalue weighted by Crippen LogP contribution is 2.20. The van der Waals surface area contributed by atoms with Gasteiger partial charge in [-0.2, -0.15) is 0 Å². The topological polar surface area (TPSA) is 41.1 Å². The number of benzene rings is 1. The molecule has 0 saturated carbocycles. The van der Waals surface area contributed by atoms with Crippen molar-refractivity contribution >= 4 is 29.3 Å². The molecule has 0 radical (unpaired) electrons. The Hall–Kier alpha value is -0.710. The van der Waals surface area contributed by atoms with Crippen LogP contribution in [0.15, 0.2) is 29.2 Å². The first-order valence-corrected chi connectivity index (χ1v) is 8.46. The number of hydrogen-bond donors (Lipinski definition) is 2. The highest BCUT2D eigenvalue weighted by Gasteiger charge is 2.13. The first-order valence-electron chi connectivity index (χ1n) is 7.10. The van der Waals surface area contributed by atoms with Crippen LogP contribution in [0, 0.1) is 5.92 Å². The number of rotatable bonds is 6. The zero-order valence-electron chi connectivity index (χ0n) is 11.5. The van der Waals surface area contributed by atoms with E-state index in [-0.39, 0.29) is 5.91 Å². The number of nitrogens with one attached hydrogen (secondary N) is 2. The van der Waals surface area contributed by atoms with E-state index in [1.54, 1.807) is 11.8 Å². The minimum absolute atomic E-state index is 0.150. The monoisotopic (exact) mass is 312 g/mol. The fourth-order valence-electron chi connectivity index (χ4n) is 2.24. The lowest BCUT2D eigenvalue weighted by atomic mass is 10.00. The number of piperidine rings is 1. The Morgan fingerprint density at radius 3 is 2.90 bits per heavy atom. The van der Waals surface area contributed by atoms with Crippen LogP contribution < -0.4 is 10.6 Å². The van der Waals surface area contributed by atoms with E-state index in [1.165, 1.54) is 12.8 Å². The van der Waals surface area contributed by atoms with Gasteiger partial charge in [-0.3, -0.25) is 4.79 Å². The van der Waals surface area contributed by atoms with Gasteiger partial charge in [-0.1, -0.05) is 11.6 Å². The van der Waals surface area contributed by atoms with Crippen LogP contribution in [0.4, 0.5) is 0 Å². The summed E-state index contributed by atoms with van der Waals surface area (Å²) >= 11 is 7.52. The van der Waals surface area contributed by atoms with E-state index in [2.05, 4.69) is 10.6 Å². The van der Waals surface area contributed by atoms with Crippen molar-refractivity contribution < 1.29 is 4.79 Å². The van der Waals surface area contributed by atoms with Gasteiger partial charge >= 0.3 is 0 Å². The SMILES string of the molecule is O=C(CCSc1ccc(Cl)cc1)NCC1CCCNC1. The highest BCUT2D eigenvalue weighted by atomic mass is 35.5. The third kappa shape index (κ3) is 5.73. The molecule has 1 heterocycles. The number of hydrogen-bond acceptors (Lipinski definition) is 3. The minimum atomic E-state index is 0.150. The standard InChI is InChI=1S/C15H21ClN2OS/c16-13-3-5-14(6-4-13)20-9-7-15(19)18-11-12-2-1-8-17-10-12/h3-6,12,17H,1-2,7-11H2,(H,18,19). The Balaban J connectivity index is 1.58. The lowest BCUT2D eigenvalue weighted by molar-refractivity contribution is -0.120. The summed E-state index contributed by atoms with van der Waals surface area (Å²) < 4.78 is 0. The smallest absolute Gasteiger partial charge is 0.220 e. The highest BCUT2D eigenvalue weighted by molar-refractivity contribution is 7.99. The van der Waals surface area contributed by atoms with E-state index in [9.17, 15) is 4.79 Å². The van der Waals surface area contributed by atoms with Crippen molar-refractivity contribution in [1.29, 1.82) is 0 Å². The normalized spacial score (nSPS) is 18.8. The molecule has 1 atom stereocenters. The Morgan fingerprint density at radius 1 is 1.40 bits per heavy atom. The van der Waals surface area contributed by atoms with Gasteiger partial charge in [0.05, 0.1) is 0 Å². The zero-order chi connectivity index (χ0) is 14.2. The Labute approximate surface area is 129 Å². The van der Waals surface area contributed by atoms with Crippen LogP contribution in [0.25, 0.3) is 0 Å². The number of amides is 1. The maximum atomic E-state index is 11.8. The van der Waals surface area contributed by atoms with Crippen LogP contribution in [0.1, 0.15) is 19.3 Å². The molecule has 110 valence electrons. The summed E-state index contributed by atoms with van der Waals surface area (Å²) in [7, 11) is 0. The van der Waals surface area contributed by atoms with E-state index in [0.717, 1.165) is 35.3 Å². The molecule has 20 heavy (non-hydrogen) atoms. The first kappa shape index (κ1) is 15.7. The first-order chi connectivity index (χ1) is 9.74. The van der Waals surface area contributed by atoms with Gasteiger partial charge in [0.1, 0.15) is 0 Å². The molecule has 1 aliphatic rings. The molecule has 1 unspecified atom stereocenters. The number of carbonyl (C=O) groups is 1. The third-order valence-electron chi connectivity index (χ3n) is 3.40. The average Bonchev–Trinajstić information content (AvgIpc) is 2.48. The molecule has 3 nitrogen and oxygen atoms in total. The van der Waals surface area contributed by atoms with E-state index in [0.29, 0.717) is 12.3 Å². The molecule has 0 spiro atoms. The summed E-state index contributed by atoms with van der Waals surface area (Å²) in [6.07, 6.45) is 2.99. The van der Waals surface area contributed by atoms with Crippen molar-refractivity contribution in [2.75, 3.05) is 25.4 Å². The Kier molecular flexibility index (Phi) is 6.70. The van der Waals surface area contributed by atoms with Gasteiger partial charge in [0.2, 0.25) is 5.91 Å². The second-order valence-electron chi connectivity index (χ2n) is 5.07. The molecule has 1 aromatic carbocycles.